The molecular weight excluding hydrogens is 274 g/mol. The van der Waals surface area contributed by atoms with Gasteiger partial charge < -0.3 is 5.73 Å². The summed E-state index contributed by atoms with van der Waals surface area (Å²) in [6.07, 6.45) is 0. The van der Waals surface area contributed by atoms with Gasteiger partial charge in [-0.3, -0.25) is 4.99 Å². The summed E-state index contributed by atoms with van der Waals surface area (Å²) in [7, 11) is -3.51. The lowest BCUT2D eigenvalue weighted by molar-refractivity contribution is 0.480. The van der Waals surface area contributed by atoms with Gasteiger partial charge >= 0.3 is 0 Å². The number of hydrogen-bond donors (Lipinski definition) is 1. The summed E-state index contributed by atoms with van der Waals surface area (Å²) in [5, 5.41) is -0.885. The van der Waals surface area contributed by atoms with Crippen LogP contribution in [0.4, 0.5) is 8.78 Å². The van der Waals surface area contributed by atoms with Crippen LogP contribution in [0.3, 0.4) is 0 Å². The molecule has 2 N–H and O–H groups in total. The van der Waals surface area contributed by atoms with Gasteiger partial charge in [-0.25, -0.2) is 17.2 Å². The molecule has 0 radical (unpaired) electrons. The number of hydrogen-bond acceptors (Lipinski definition) is 4. The van der Waals surface area contributed by atoms with E-state index >= 15 is 0 Å². The molecule has 1 heterocycles. The van der Waals surface area contributed by atoms with Crippen LogP contribution in [0, 0.1) is 11.6 Å². The van der Waals surface area contributed by atoms with Gasteiger partial charge in [0.2, 0.25) is 0 Å². The van der Waals surface area contributed by atoms with Crippen LogP contribution in [0.1, 0.15) is 19.4 Å². The van der Waals surface area contributed by atoms with Gasteiger partial charge in [-0.2, -0.15) is 0 Å². The zero-order valence-electron chi connectivity index (χ0n) is 10.5. The van der Waals surface area contributed by atoms with E-state index in [-0.39, 0.29) is 17.2 Å². The molecule has 0 saturated carbocycles. The number of sulfone groups is 1. The predicted octanol–water partition coefficient (Wildman–Crippen LogP) is 1.35. The average Bonchev–Trinajstić information content (AvgIpc) is 2.24. The number of nitrogens with two attached hydrogens (primary N) is 1. The highest BCUT2D eigenvalue weighted by Crippen LogP contribution is 2.34. The highest BCUT2D eigenvalue weighted by Gasteiger charge is 2.42. The lowest BCUT2D eigenvalue weighted by atomic mass is 9.94. The van der Waals surface area contributed by atoms with Gasteiger partial charge in [0.1, 0.15) is 28.3 Å². The Morgan fingerprint density at radius 1 is 1.42 bits per heavy atom. The van der Waals surface area contributed by atoms with Gasteiger partial charge in [-0.15, -0.1) is 0 Å². The molecule has 2 rings (SSSR count). The maximum atomic E-state index is 13.8. The quantitative estimate of drug-likeness (QED) is 0.848. The summed E-state index contributed by atoms with van der Waals surface area (Å²) in [5.41, 5.74) is 4.32. The number of amidine groups is 1. The fraction of sp³-hybridized carbons (Fsp3) is 0.417. The number of halogens is 2. The number of rotatable bonds is 1. The first kappa shape index (κ1) is 13.9. The Labute approximate surface area is 110 Å². The van der Waals surface area contributed by atoms with Gasteiger partial charge in [-0.1, -0.05) is 6.07 Å². The third kappa shape index (κ3) is 2.34. The second-order valence-electron chi connectivity index (χ2n) is 4.88. The van der Waals surface area contributed by atoms with E-state index in [1.54, 1.807) is 0 Å². The van der Waals surface area contributed by atoms with Crippen LogP contribution in [0.5, 0.6) is 0 Å². The van der Waals surface area contributed by atoms with Crippen molar-refractivity contribution in [2.24, 2.45) is 10.7 Å². The standard InChI is InChI=1S/C12H14F2N2O2S/c1-7-11(15)16-12(2,6-19(7,17)18)9-4-3-8(13)5-10(9)14/h3-5,7H,6H2,1-2H3,(H2,15,16). The molecule has 19 heavy (non-hydrogen) atoms. The molecule has 0 aliphatic carbocycles. The molecule has 2 atom stereocenters. The Balaban J connectivity index is 2.61. The molecule has 2 unspecified atom stereocenters. The van der Waals surface area contributed by atoms with E-state index in [0.717, 1.165) is 6.07 Å². The highest BCUT2D eigenvalue weighted by atomic mass is 32.2. The first-order chi connectivity index (χ1) is 8.66. The first-order valence-corrected chi connectivity index (χ1v) is 7.39. The minimum absolute atomic E-state index is 0.0207. The zero-order chi connectivity index (χ0) is 14.4. The Bertz CT molecular complexity index is 658. The van der Waals surface area contributed by atoms with Crippen molar-refractivity contribution in [2.45, 2.75) is 24.6 Å². The van der Waals surface area contributed by atoms with Gasteiger partial charge in [0.25, 0.3) is 0 Å². The van der Waals surface area contributed by atoms with E-state index in [4.69, 9.17) is 5.73 Å². The van der Waals surface area contributed by atoms with Crippen molar-refractivity contribution in [2.75, 3.05) is 5.75 Å². The second-order valence-corrected chi connectivity index (χ2v) is 7.21. The fourth-order valence-corrected chi connectivity index (χ4v) is 3.85. The molecule has 1 aliphatic heterocycles. The topological polar surface area (TPSA) is 72.5 Å². The van der Waals surface area contributed by atoms with Gasteiger partial charge in [0.15, 0.2) is 9.84 Å². The molecular formula is C12H14F2N2O2S. The molecule has 0 amide bonds. The Morgan fingerprint density at radius 2 is 2.05 bits per heavy atom. The van der Waals surface area contributed by atoms with Gasteiger partial charge in [-0.05, 0) is 19.9 Å². The number of nitrogens with zero attached hydrogens (tertiary/aromatic N) is 1. The lowest BCUT2D eigenvalue weighted by Gasteiger charge is -2.32. The van der Waals surface area contributed by atoms with Crippen LogP contribution >= 0.6 is 0 Å². The van der Waals surface area contributed by atoms with E-state index in [9.17, 15) is 17.2 Å². The van der Waals surface area contributed by atoms with E-state index in [1.807, 2.05) is 0 Å². The Kier molecular flexibility index (Phi) is 3.12. The average molecular weight is 288 g/mol. The Morgan fingerprint density at radius 3 is 2.58 bits per heavy atom. The third-order valence-electron chi connectivity index (χ3n) is 3.32. The van der Waals surface area contributed by atoms with Crippen LogP contribution in [0.2, 0.25) is 0 Å². The molecule has 1 aliphatic rings. The predicted molar refractivity (Wildman–Crippen MR) is 68.6 cm³/mol. The summed E-state index contributed by atoms with van der Waals surface area (Å²) >= 11 is 0. The molecule has 7 heteroatoms. The molecule has 0 fully saturated rings. The van der Waals surface area contributed by atoms with Crippen molar-refractivity contribution >= 4 is 15.7 Å². The zero-order valence-corrected chi connectivity index (χ0v) is 11.3. The fourth-order valence-electron chi connectivity index (χ4n) is 2.17. The Hall–Kier alpha value is -1.50. The second kappa shape index (κ2) is 4.26. The smallest absolute Gasteiger partial charge is 0.162 e. The minimum Gasteiger partial charge on any atom is -0.386 e. The van der Waals surface area contributed by atoms with Crippen LogP contribution in [-0.4, -0.2) is 25.3 Å². The van der Waals surface area contributed by atoms with Gasteiger partial charge in [0, 0.05) is 11.6 Å². The van der Waals surface area contributed by atoms with Crippen molar-refractivity contribution in [1.82, 2.24) is 0 Å². The van der Waals surface area contributed by atoms with Crippen LogP contribution in [-0.2, 0) is 15.4 Å². The maximum Gasteiger partial charge on any atom is 0.162 e. The molecule has 1 aromatic rings. The largest absolute Gasteiger partial charge is 0.386 e. The van der Waals surface area contributed by atoms with Gasteiger partial charge in [0.05, 0.1) is 5.75 Å². The summed E-state index contributed by atoms with van der Waals surface area (Å²) in [6, 6.07) is 2.98. The monoisotopic (exact) mass is 288 g/mol. The summed E-state index contributed by atoms with van der Waals surface area (Å²) in [4.78, 5) is 4.10. The summed E-state index contributed by atoms with van der Waals surface area (Å²) in [5.74, 6) is -1.97. The van der Waals surface area contributed by atoms with E-state index in [2.05, 4.69) is 4.99 Å². The molecule has 4 nitrogen and oxygen atoms in total. The van der Waals surface area contributed by atoms with E-state index in [0.29, 0.717) is 6.07 Å². The number of aliphatic imine (C=N–C) groups is 1. The molecule has 104 valence electrons. The van der Waals surface area contributed by atoms with Crippen molar-refractivity contribution in [3.63, 3.8) is 0 Å². The third-order valence-corrected chi connectivity index (χ3v) is 5.61. The highest BCUT2D eigenvalue weighted by molar-refractivity contribution is 7.92. The van der Waals surface area contributed by atoms with Crippen LogP contribution in [0.25, 0.3) is 0 Å². The molecule has 1 aromatic carbocycles. The SMILES string of the molecule is CC1C(N)=NC(C)(c2ccc(F)cc2F)CS1(=O)=O. The summed E-state index contributed by atoms with van der Waals surface area (Å²) < 4.78 is 50.7. The van der Waals surface area contributed by atoms with Crippen LogP contribution in [0.15, 0.2) is 23.2 Å². The normalized spacial score (nSPS) is 29.9. The molecule has 0 bridgehead atoms. The first-order valence-electron chi connectivity index (χ1n) is 5.68. The minimum atomic E-state index is -3.51. The van der Waals surface area contributed by atoms with Crippen molar-refractivity contribution in [3.05, 3.63) is 35.4 Å². The van der Waals surface area contributed by atoms with Crippen molar-refractivity contribution < 1.29 is 17.2 Å². The molecule has 0 spiro atoms. The maximum absolute atomic E-state index is 13.8. The summed E-state index contributed by atoms with van der Waals surface area (Å²) in [6.45, 7) is 2.91. The van der Waals surface area contributed by atoms with Crippen molar-refractivity contribution in [1.29, 1.82) is 0 Å². The lowest BCUT2D eigenvalue weighted by Crippen LogP contribution is -2.47. The molecule has 0 aromatic heterocycles. The van der Waals surface area contributed by atoms with E-state index < -0.39 is 32.3 Å². The number of benzene rings is 1. The van der Waals surface area contributed by atoms with E-state index in [1.165, 1.54) is 19.9 Å². The molecule has 0 saturated heterocycles. The van der Waals surface area contributed by atoms with Crippen molar-refractivity contribution in [3.8, 4) is 0 Å². The van der Waals surface area contributed by atoms with Crippen LogP contribution < -0.4 is 5.73 Å².